The molecule has 140 valence electrons. The van der Waals surface area contributed by atoms with Gasteiger partial charge >= 0.3 is 0 Å². The van der Waals surface area contributed by atoms with Gasteiger partial charge in [-0.15, -0.1) is 0 Å². The Balaban J connectivity index is 1.44. The van der Waals surface area contributed by atoms with Gasteiger partial charge in [-0.1, -0.05) is 42.8 Å². The number of rotatable bonds is 9. The first-order valence-electron chi connectivity index (χ1n) is 8.75. The lowest BCUT2D eigenvalue weighted by Crippen LogP contribution is -2.34. The maximum absolute atomic E-state index is 10.3. The van der Waals surface area contributed by atoms with Crippen molar-refractivity contribution in [1.82, 2.24) is 4.90 Å². The highest BCUT2D eigenvalue weighted by Crippen LogP contribution is 2.32. The predicted molar refractivity (Wildman–Crippen MR) is 101 cm³/mol. The highest BCUT2D eigenvalue weighted by atomic mass is 35.5. The van der Waals surface area contributed by atoms with E-state index in [0.29, 0.717) is 19.7 Å². The van der Waals surface area contributed by atoms with Gasteiger partial charge in [-0.2, -0.15) is 0 Å². The molecule has 6 heteroatoms. The molecule has 1 aliphatic heterocycles. The van der Waals surface area contributed by atoms with Crippen LogP contribution in [0.2, 0.25) is 5.02 Å². The van der Waals surface area contributed by atoms with Gasteiger partial charge in [0.2, 0.25) is 6.79 Å². The number of ether oxygens (including phenoxy) is 3. The van der Waals surface area contributed by atoms with Crippen molar-refractivity contribution in [2.45, 2.75) is 26.2 Å². The van der Waals surface area contributed by atoms with E-state index in [1.54, 1.807) is 0 Å². The average Bonchev–Trinajstić information content (AvgIpc) is 3.10. The zero-order valence-corrected chi connectivity index (χ0v) is 15.6. The molecule has 0 spiro atoms. The van der Waals surface area contributed by atoms with Crippen LogP contribution in [0.25, 0.3) is 0 Å². The third-order valence-electron chi connectivity index (χ3n) is 4.28. The molecule has 0 amide bonds. The van der Waals surface area contributed by atoms with Crippen molar-refractivity contribution in [2.75, 3.05) is 26.5 Å². The van der Waals surface area contributed by atoms with E-state index in [1.165, 1.54) is 0 Å². The molecule has 1 atom stereocenters. The Labute approximate surface area is 159 Å². The first-order chi connectivity index (χ1) is 12.7. The lowest BCUT2D eigenvalue weighted by Gasteiger charge is -2.24. The maximum atomic E-state index is 10.3. The molecule has 26 heavy (non-hydrogen) atoms. The Morgan fingerprint density at radius 1 is 1.19 bits per heavy atom. The van der Waals surface area contributed by atoms with Crippen molar-refractivity contribution in [3.05, 3.63) is 58.6 Å². The van der Waals surface area contributed by atoms with Gasteiger partial charge in [-0.3, -0.25) is 4.90 Å². The summed E-state index contributed by atoms with van der Waals surface area (Å²) in [5, 5.41) is 11.0. The van der Waals surface area contributed by atoms with Crippen LogP contribution in [-0.4, -0.2) is 42.6 Å². The van der Waals surface area contributed by atoms with Crippen LogP contribution in [0.1, 0.15) is 18.1 Å². The molecule has 3 rings (SSSR count). The van der Waals surface area contributed by atoms with Crippen LogP contribution in [0.15, 0.2) is 42.5 Å². The molecular weight excluding hydrogens is 354 g/mol. The third-order valence-corrected chi connectivity index (χ3v) is 4.65. The van der Waals surface area contributed by atoms with Gasteiger partial charge in [0.1, 0.15) is 0 Å². The van der Waals surface area contributed by atoms with E-state index in [2.05, 4.69) is 11.8 Å². The minimum atomic E-state index is -0.563. The van der Waals surface area contributed by atoms with E-state index >= 15 is 0 Å². The van der Waals surface area contributed by atoms with E-state index in [4.69, 9.17) is 25.8 Å². The van der Waals surface area contributed by atoms with Gasteiger partial charge in [0.25, 0.3) is 0 Å². The van der Waals surface area contributed by atoms with E-state index in [1.807, 2.05) is 42.5 Å². The molecule has 1 aliphatic rings. The van der Waals surface area contributed by atoms with Gasteiger partial charge < -0.3 is 19.3 Å². The molecule has 5 nitrogen and oxygen atoms in total. The molecule has 0 aliphatic carbocycles. The summed E-state index contributed by atoms with van der Waals surface area (Å²) < 4.78 is 16.3. The second-order valence-corrected chi connectivity index (χ2v) is 6.68. The number of hydrogen-bond donors (Lipinski definition) is 1. The van der Waals surface area contributed by atoms with Crippen LogP contribution in [0.4, 0.5) is 0 Å². The number of halogens is 1. The standard InChI is InChI=1S/C20H24ClNO4/c1-2-22(10-16-5-3-4-6-18(16)21)11-17(23)13-24-12-15-7-8-19-20(9-15)26-14-25-19/h3-9,17,23H,2,10-14H2,1H3. The van der Waals surface area contributed by atoms with Crippen molar-refractivity contribution in [3.8, 4) is 11.5 Å². The van der Waals surface area contributed by atoms with Crippen LogP contribution in [0.5, 0.6) is 11.5 Å². The van der Waals surface area contributed by atoms with Gasteiger partial charge in [0.05, 0.1) is 19.3 Å². The van der Waals surface area contributed by atoms with Gasteiger partial charge in [-0.05, 0) is 35.9 Å². The Kier molecular flexibility index (Phi) is 6.74. The number of likely N-dealkylation sites (N-methyl/N-ethyl adjacent to an activating group) is 1. The zero-order valence-electron chi connectivity index (χ0n) is 14.9. The van der Waals surface area contributed by atoms with Crippen LogP contribution in [0, 0.1) is 0 Å². The number of aliphatic hydroxyl groups excluding tert-OH is 1. The lowest BCUT2D eigenvalue weighted by molar-refractivity contribution is 0.00938. The highest BCUT2D eigenvalue weighted by Gasteiger charge is 2.15. The number of fused-ring (bicyclic) bond motifs is 1. The van der Waals surface area contributed by atoms with E-state index in [0.717, 1.165) is 34.2 Å². The minimum absolute atomic E-state index is 0.261. The number of benzene rings is 2. The summed E-state index contributed by atoms with van der Waals surface area (Å²) in [7, 11) is 0. The fourth-order valence-electron chi connectivity index (χ4n) is 2.87. The van der Waals surface area contributed by atoms with Crippen molar-refractivity contribution in [1.29, 1.82) is 0 Å². The molecule has 0 saturated carbocycles. The summed E-state index contributed by atoms with van der Waals surface area (Å²) in [6.07, 6.45) is -0.563. The van der Waals surface area contributed by atoms with Crippen LogP contribution in [-0.2, 0) is 17.9 Å². The van der Waals surface area contributed by atoms with Crippen molar-refractivity contribution in [2.24, 2.45) is 0 Å². The quantitative estimate of drug-likeness (QED) is 0.725. The Morgan fingerprint density at radius 2 is 2.00 bits per heavy atom. The molecular formula is C20H24ClNO4. The Hall–Kier alpha value is -1.79. The predicted octanol–water partition coefficient (Wildman–Crippen LogP) is 3.47. The molecule has 0 radical (unpaired) electrons. The summed E-state index contributed by atoms with van der Waals surface area (Å²) in [4.78, 5) is 2.15. The second kappa shape index (κ2) is 9.24. The smallest absolute Gasteiger partial charge is 0.231 e. The topological polar surface area (TPSA) is 51.2 Å². The zero-order chi connectivity index (χ0) is 18.4. The lowest BCUT2D eigenvalue weighted by atomic mass is 10.2. The van der Waals surface area contributed by atoms with Crippen LogP contribution >= 0.6 is 11.6 Å². The SMILES string of the molecule is CCN(Cc1ccccc1Cl)CC(O)COCc1ccc2c(c1)OCO2. The fourth-order valence-corrected chi connectivity index (χ4v) is 3.06. The fraction of sp³-hybridized carbons (Fsp3) is 0.400. The van der Waals surface area contributed by atoms with Crippen molar-refractivity contribution >= 4 is 11.6 Å². The van der Waals surface area contributed by atoms with Crippen LogP contribution in [0.3, 0.4) is 0 Å². The molecule has 0 saturated heterocycles. The first-order valence-corrected chi connectivity index (χ1v) is 9.13. The molecule has 1 N–H and O–H groups in total. The van der Waals surface area contributed by atoms with Gasteiger partial charge in [-0.25, -0.2) is 0 Å². The molecule has 0 aromatic heterocycles. The van der Waals surface area contributed by atoms with Crippen molar-refractivity contribution < 1.29 is 19.3 Å². The summed E-state index contributed by atoms with van der Waals surface area (Å²) >= 11 is 6.22. The van der Waals surface area contributed by atoms with Crippen LogP contribution < -0.4 is 9.47 Å². The number of hydrogen-bond acceptors (Lipinski definition) is 5. The summed E-state index contributed by atoms with van der Waals surface area (Å²) in [6.45, 7) is 5.08. The average molecular weight is 378 g/mol. The minimum Gasteiger partial charge on any atom is -0.454 e. The van der Waals surface area contributed by atoms with Crippen molar-refractivity contribution in [3.63, 3.8) is 0 Å². The Bertz CT molecular complexity index is 725. The third kappa shape index (κ3) is 5.11. The number of nitrogens with zero attached hydrogens (tertiary/aromatic N) is 1. The normalized spacial score (nSPS) is 14.0. The molecule has 2 aromatic rings. The summed E-state index contributed by atoms with van der Waals surface area (Å²) in [6, 6.07) is 13.5. The highest BCUT2D eigenvalue weighted by molar-refractivity contribution is 6.31. The van der Waals surface area contributed by atoms with Gasteiger partial charge in [0.15, 0.2) is 11.5 Å². The molecule has 0 fully saturated rings. The van der Waals surface area contributed by atoms with E-state index in [9.17, 15) is 5.11 Å². The van der Waals surface area contributed by atoms with Gasteiger partial charge in [0, 0.05) is 18.1 Å². The molecule has 1 heterocycles. The maximum Gasteiger partial charge on any atom is 0.231 e. The second-order valence-electron chi connectivity index (χ2n) is 6.28. The first kappa shape index (κ1) is 19.0. The largest absolute Gasteiger partial charge is 0.454 e. The molecule has 0 bridgehead atoms. The van der Waals surface area contributed by atoms with E-state index < -0.39 is 6.10 Å². The molecule has 1 unspecified atom stereocenters. The molecule has 2 aromatic carbocycles. The monoisotopic (exact) mass is 377 g/mol. The Morgan fingerprint density at radius 3 is 2.81 bits per heavy atom. The summed E-state index contributed by atoms with van der Waals surface area (Å²) in [5.74, 6) is 1.50. The van der Waals surface area contributed by atoms with E-state index in [-0.39, 0.29) is 13.4 Å². The summed E-state index contributed by atoms with van der Waals surface area (Å²) in [5.41, 5.74) is 2.05. The number of aliphatic hydroxyl groups is 1.